The second kappa shape index (κ2) is 6.43. The van der Waals surface area contributed by atoms with Crippen molar-refractivity contribution in [3.63, 3.8) is 0 Å². The molecule has 7 nitrogen and oxygen atoms in total. The fraction of sp³-hybridized carbons (Fsp3) is 0.786. The maximum atomic E-state index is 5.42. The first-order valence-electron chi connectivity index (χ1n) is 7.54. The van der Waals surface area contributed by atoms with Gasteiger partial charge in [0.05, 0.1) is 6.61 Å². The van der Waals surface area contributed by atoms with Gasteiger partial charge in [0.1, 0.15) is 0 Å². The molecule has 1 saturated heterocycles. The van der Waals surface area contributed by atoms with Crippen molar-refractivity contribution in [2.24, 2.45) is 17.2 Å². The Morgan fingerprint density at radius 1 is 1.24 bits per heavy atom. The lowest BCUT2D eigenvalue weighted by molar-refractivity contribution is 0.198. The Morgan fingerprint density at radius 3 is 2.43 bits per heavy atom. The number of hydrogen-bond acceptors (Lipinski definition) is 7. The maximum Gasteiger partial charge on any atom is 0.323 e. The zero-order chi connectivity index (χ0) is 15.5. The van der Waals surface area contributed by atoms with Gasteiger partial charge in [-0.3, -0.25) is 5.43 Å². The minimum atomic E-state index is 0.313. The van der Waals surface area contributed by atoms with Crippen molar-refractivity contribution in [1.29, 1.82) is 0 Å². The Bertz CT molecular complexity index is 465. The molecular weight excluding hydrogens is 268 g/mol. The van der Waals surface area contributed by atoms with Gasteiger partial charge in [-0.2, -0.15) is 15.0 Å². The zero-order valence-electron chi connectivity index (χ0n) is 13.4. The summed E-state index contributed by atoms with van der Waals surface area (Å²) in [7, 11) is 0. The number of hydrazine groups is 1. The molecule has 1 aliphatic heterocycles. The van der Waals surface area contributed by atoms with Crippen LogP contribution >= 0.6 is 0 Å². The van der Waals surface area contributed by atoms with E-state index in [0.717, 1.165) is 31.8 Å². The summed E-state index contributed by atoms with van der Waals surface area (Å²) in [5, 5.41) is 0. The second-order valence-corrected chi connectivity index (χ2v) is 6.45. The lowest BCUT2D eigenvalue weighted by atomic mass is 9.75. The van der Waals surface area contributed by atoms with Crippen LogP contribution in [-0.2, 0) is 0 Å². The molecule has 0 atom stereocenters. The van der Waals surface area contributed by atoms with Crippen LogP contribution in [-0.4, -0.2) is 34.6 Å². The van der Waals surface area contributed by atoms with E-state index in [-0.39, 0.29) is 0 Å². The average Bonchev–Trinajstić information content (AvgIpc) is 2.46. The fourth-order valence-electron chi connectivity index (χ4n) is 2.69. The molecule has 0 bridgehead atoms. The number of hydrogen-bond donors (Lipinski definition) is 2. The molecule has 7 heteroatoms. The summed E-state index contributed by atoms with van der Waals surface area (Å²) in [4.78, 5) is 15.0. The number of aromatic nitrogens is 3. The molecule has 118 valence electrons. The van der Waals surface area contributed by atoms with Gasteiger partial charge in [-0.05, 0) is 31.1 Å². The second-order valence-electron chi connectivity index (χ2n) is 6.45. The zero-order valence-corrected chi connectivity index (χ0v) is 13.4. The van der Waals surface area contributed by atoms with Crippen LogP contribution < -0.4 is 20.9 Å². The van der Waals surface area contributed by atoms with Crippen LogP contribution in [0.5, 0.6) is 6.01 Å². The number of nitrogens with two attached hydrogens (primary N) is 1. The SMILES string of the molecule is CCOc1nc(NN)nc(N2CCC(C(C)(C)C)CC2)n1. The topological polar surface area (TPSA) is 89.2 Å². The molecule has 1 fully saturated rings. The molecule has 0 saturated carbocycles. The van der Waals surface area contributed by atoms with Gasteiger partial charge in [-0.25, -0.2) is 5.84 Å². The summed E-state index contributed by atoms with van der Waals surface area (Å²) < 4.78 is 5.37. The van der Waals surface area contributed by atoms with Crippen molar-refractivity contribution in [3.05, 3.63) is 0 Å². The molecule has 1 aromatic heterocycles. The number of nitrogen functional groups attached to an aromatic ring is 1. The summed E-state index contributed by atoms with van der Waals surface area (Å²) in [5.74, 6) is 7.11. The van der Waals surface area contributed by atoms with E-state index in [1.165, 1.54) is 0 Å². The molecule has 0 aromatic carbocycles. The molecule has 0 spiro atoms. The van der Waals surface area contributed by atoms with Crippen molar-refractivity contribution in [2.75, 3.05) is 30.0 Å². The number of piperidine rings is 1. The molecule has 0 amide bonds. The Balaban J connectivity index is 2.10. The summed E-state index contributed by atoms with van der Waals surface area (Å²) in [6.07, 6.45) is 2.29. The standard InChI is InChI=1S/C14H26N6O/c1-5-21-13-17-11(19-15)16-12(18-13)20-8-6-10(7-9-20)14(2,3)4/h10H,5-9,15H2,1-4H3,(H,16,17,18,19). The van der Waals surface area contributed by atoms with Crippen LogP contribution in [0.15, 0.2) is 0 Å². The minimum Gasteiger partial charge on any atom is -0.464 e. The van der Waals surface area contributed by atoms with Crippen molar-refractivity contribution in [3.8, 4) is 6.01 Å². The number of anilines is 2. The molecule has 2 rings (SSSR count). The first-order chi connectivity index (χ1) is 9.94. The summed E-state index contributed by atoms with van der Waals surface area (Å²) >= 11 is 0. The highest BCUT2D eigenvalue weighted by Gasteiger charge is 2.29. The lowest BCUT2D eigenvalue weighted by Gasteiger charge is -2.38. The molecular formula is C14H26N6O. The summed E-state index contributed by atoms with van der Waals surface area (Å²) in [6, 6.07) is 0.313. The first-order valence-corrected chi connectivity index (χ1v) is 7.54. The van der Waals surface area contributed by atoms with E-state index in [0.29, 0.717) is 29.9 Å². The van der Waals surface area contributed by atoms with E-state index in [2.05, 4.69) is 46.0 Å². The van der Waals surface area contributed by atoms with Gasteiger partial charge in [0, 0.05) is 13.1 Å². The van der Waals surface area contributed by atoms with Crippen LogP contribution in [0.4, 0.5) is 11.9 Å². The van der Waals surface area contributed by atoms with Crippen molar-refractivity contribution in [1.82, 2.24) is 15.0 Å². The van der Waals surface area contributed by atoms with Gasteiger partial charge in [0.2, 0.25) is 11.9 Å². The Labute approximate surface area is 126 Å². The summed E-state index contributed by atoms with van der Waals surface area (Å²) in [6.45, 7) is 11.2. The molecule has 3 N–H and O–H groups in total. The third kappa shape index (κ3) is 3.93. The van der Waals surface area contributed by atoms with E-state index < -0.39 is 0 Å². The van der Waals surface area contributed by atoms with Gasteiger partial charge in [0.15, 0.2) is 0 Å². The van der Waals surface area contributed by atoms with Crippen molar-refractivity contribution in [2.45, 2.75) is 40.5 Å². The predicted octanol–water partition coefficient (Wildman–Crippen LogP) is 1.82. The minimum absolute atomic E-state index is 0.313. The van der Waals surface area contributed by atoms with Crippen molar-refractivity contribution < 1.29 is 4.74 Å². The van der Waals surface area contributed by atoms with E-state index in [1.807, 2.05) is 6.92 Å². The van der Waals surface area contributed by atoms with E-state index >= 15 is 0 Å². The number of rotatable bonds is 4. The predicted molar refractivity (Wildman–Crippen MR) is 83.2 cm³/mol. The normalized spacial score (nSPS) is 16.9. The largest absolute Gasteiger partial charge is 0.464 e. The highest BCUT2D eigenvalue weighted by molar-refractivity contribution is 5.38. The summed E-state index contributed by atoms with van der Waals surface area (Å²) in [5.41, 5.74) is 2.82. The van der Waals surface area contributed by atoms with Crippen LogP contribution in [0.25, 0.3) is 0 Å². The maximum absolute atomic E-state index is 5.42. The van der Waals surface area contributed by atoms with Gasteiger partial charge >= 0.3 is 6.01 Å². The van der Waals surface area contributed by atoms with Crippen LogP contribution in [0.3, 0.4) is 0 Å². The molecule has 0 unspecified atom stereocenters. The van der Waals surface area contributed by atoms with Gasteiger partial charge < -0.3 is 9.64 Å². The van der Waals surface area contributed by atoms with Crippen LogP contribution in [0.2, 0.25) is 0 Å². The quantitative estimate of drug-likeness (QED) is 0.646. The Hall–Kier alpha value is -1.63. The van der Waals surface area contributed by atoms with E-state index in [9.17, 15) is 0 Å². The van der Waals surface area contributed by atoms with Crippen LogP contribution in [0.1, 0.15) is 40.5 Å². The molecule has 2 heterocycles. The van der Waals surface area contributed by atoms with E-state index in [4.69, 9.17) is 10.6 Å². The number of nitrogens with zero attached hydrogens (tertiary/aromatic N) is 4. The molecule has 21 heavy (non-hydrogen) atoms. The average molecular weight is 294 g/mol. The monoisotopic (exact) mass is 294 g/mol. The highest BCUT2D eigenvalue weighted by atomic mass is 16.5. The van der Waals surface area contributed by atoms with Gasteiger partial charge in [-0.1, -0.05) is 20.8 Å². The smallest absolute Gasteiger partial charge is 0.323 e. The molecule has 0 radical (unpaired) electrons. The Morgan fingerprint density at radius 2 is 1.90 bits per heavy atom. The third-order valence-corrected chi connectivity index (χ3v) is 4.01. The molecule has 1 aromatic rings. The van der Waals surface area contributed by atoms with Gasteiger partial charge in [0.25, 0.3) is 0 Å². The molecule has 0 aliphatic carbocycles. The van der Waals surface area contributed by atoms with Crippen LogP contribution in [0, 0.1) is 11.3 Å². The Kier molecular flexibility index (Phi) is 4.82. The first kappa shape index (κ1) is 15.8. The van der Waals surface area contributed by atoms with E-state index in [1.54, 1.807) is 0 Å². The number of nitrogens with one attached hydrogen (secondary N) is 1. The fourth-order valence-corrected chi connectivity index (χ4v) is 2.69. The highest BCUT2D eigenvalue weighted by Crippen LogP contribution is 2.35. The van der Waals surface area contributed by atoms with Gasteiger partial charge in [-0.15, -0.1) is 0 Å². The number of ether oxygens (including phenoxy) is 1. The molecule has 1 aliphatic rings. The lowest BCUT2D eigenvalue weighted by Crippen LogP contribution is -2.39. The third-order valence-electron chi connectivity index (χ3n) is 4.01. The van der Waals surface area contributed by atoms with Crippen molar-refractivity contribution >= 4 is 11.9 Å².